The molecule has 0 radical (unpaired) electrons. The van der Waals surface area contributed by atoms with E-state index in [2.05, 4.69) is 5.32 Å². The fourth-order valence-corrected chi connectivity index (χ4v) is 4.43. The summed E-state index contributed by atoms with van der Waals surface area (Å²) in [6, 6.07) is 6.30. The molecule has 6 heteroatoms. The molecule has 2 fully saturated rings. The molecular weight excluding hydrogens is 359 g/mol. The van der Waals surface area contributed by atoms with Crippen LogP contribution in [0.4, 0.5) is 4.39 Å². The Morgan fingerprint density at radius 3 is 2.68 bits per heavy atom. The number of carbonyl (C=O) groups excluding carboxylic acids is 3. The van der Waals surface area contributed by atoms with Gasteiger partial charge in [0.15, 0.2) is 0 Å². The molecule has 2 amide bonds. The van der Waals surface area contributed by atoms with Crippen molar-refractivity contribution < 1.29 is 18.8 Å². The average Bonchev–Trinajstić information content (AvgIpc) is 3.08. The third-order valence-corrected chi connectivity index (χ3v) is 6.09. The van der Waals surface area contributed by atoms with Gasteiger partial charge in [0.1, 0.15) is 11.6 Å². The highest BCUT2D eigenvalue weighted by atomic mass is 19.1. The zero-order valence-corrected chi connectivity index (χ0v) is 16.5. The van der Waals surface area contributed by atoms with E-state index in [0.29, 0.717) is 51.6 Å². The molecule has 2 aliphatic heterocycles. The Labute approximate surface area is 165 Å². The van der Waals surface area contributed by atoms with E-state index >= 15 is 0 Å². The zero-order chi connectivity index (χ0) is 20.1. The monoisotopic (exact) mass is 388 g/mol. The van der Waals surface area contributed by atoms with Crippen molar-refractivity contribution in [2.75, 3.05) is 13.1 Å². The lowest BCUT2D eigenvalue weighted by molar-refractivity contribution is -0.135. The predicted molar refractivity (Wildman–Crippen MR) is 104 cm³/mol. The number of benzene rings is 1. The van der Waals surface area contributed by atoms with Crippen molar-refractivity contribution in [3.63, 3.8) is 0 Å². The number of ketones is 1. The minimum atomic E-state index is -0.459. The summed E-state index contributed by atoms with van der Waals surface area (Å²) in [5, 5.41) is 3.07. The summed E-state index contributed by atoms with van der Waals surface area (Å²) in [4.78, 5) is 38.5. The molecular formula is C22H29FN2O3. The van der Waals surface area contributed by atoms with Crippen LogP contribution in [0.1, 0.15) is 57.4 Å². The fraction of sp³-hybridized carbons (Fsp3) is 0.591. The number of Topliss-reactive ketones (excluding diaryl/α,β-unsaturated/α-hetero) is 1. The smallest absolute Gasteiger partial charge is 0.222 e. The molecule has 1 N–H and O–H groups in total. The summed E-state index contributed by atoms with van der Waals surface area (Å²) in [6.45, 7) is 3.08. The molecule has 152 valence electrons. The first-order chi connectivity index (χ1) is 13.4. The Hall–Kier alpha value is -2.24. The first-order valence-corrected chi connectivity index (χ1v) is 10.3. The van der Waals surface area contributed by atoms with Crippen LogP contribution in [0, 0.1) is 11.7 Å². The first kappa shape index (κ1) is 20.5. The lowest BCUT2D eigenvalue weighted by Crippen LogP contribution is -2.46. The number of likely N-dealkylation sites (tertiary alicyclic amines) is 1. The van der Waals surface area contributed by atoms with E-state index in [1.54, 1.807) is 12.1 Å². The molecule has 0 bridgehead atoms. The number of amides is 2. The van der Waals surface area contributed by atoms with Crippen LogP contribution in [-0.4, -0.2) is 41.1 Å². The van der Waals surface area contributed by atoms with Gasteiger partial charge in [-0.05, 0) is 49.8 Å². The summed E-state index contributed by atoms with van der Waals surface area (Å²) in [5.41, 5.74) is 0.488. The van der Waals surface area contributed by atoms with Gasteiger partial charge in [-0.2, -0.15) is 0 Å². The molecule has 0 saturated carbocycles. The molecule has 2 heterocycles. The second-order valence-corrected chi connectivity index (χ2v) is 8.13. The minimum absolute atomic E-state index is 0.00106. The molecule has 0 unspecified atom stereocenters. The highest BCUT2D eigenvalue weighted by Gasteiger charge is 2.38. The van der Waals surface area contributed by atoms with Gasteiger partial charge in [-0.3, -0.25) is 14.4 Å². The number of nitrogens with one attached hydrogen (secondary N) is 1. The van der Waals surface area contributed by atoms with Crippen molar-refractivity contribution in [2.45, 2.75) is 63.8 Å². The van der Waals surface area contributed by atoms with Gasteiger partial charge in [0.05, 0.1) is 0 Å². The lowest BCUT2D eigenvalue weighted by atomic mass is 9.84. The van der Waals surface area contributed by atoms with E-state index < -0.39 is 5.54 Å². The lowest BCUT2D eigenvalue weighted by Gasteiger charge is -2.34. The topological polar surface area (TPSA) is 66.5 Å². The maximum atomic E-state index is 13.2. The van der Waals surface area contributed by atoms with Gasteiger partial charge in [0.2, 0.25) is 11.8 Å². The molecule has 0 spiro atoms. The number of hydrogen-bond acceptors (Lipinski definition) is 3. The largest absolute Gasteiger partial charge is 0.350 e. The van der Waals surface area contributed by atoms with Crippen molar-refractivity contribution in [3.05, 3.63) is 35.6 Å². The van der Waals surface area contributed by atoms with Crippen LogP contribution in [0.3, 0.4) is 0 Å². The van der Waals surface area contributed by atoms with Crippen LogP contribution < -0.4 is 5.32 Å². The number of nitrogens with zero attached hydrogens (tertiary/aromatic N) is 1. The third kappa shape index (κ3) is 4.97. The van der Waals surface area contributed by atoms with Gasteiger partial charge >= 0.3 is 0 Å². The predicted octanol–water partition coefficient (Wildman–Crippen LogP) is 3.01. The van der Waals surface area contributed by atoms with Crippen LogP contribution in [0.15, 0.2) is 24.3 Å². The van der Waals surface area contributed by atoms with Gasteiger partial charge in [0.25, 0.3) is 0 Å². The number of piperidine rings is 1. The molecule has 1 aromatic rings. The van der Waals surface area contributed by atoms with Crippen molar-refractivity contribution in [2.24, 2.45) is 5.92 Å². The molecule has 2 aliphatic rings. The minimum Gasteiger partial charge on any atom is -0.350 e. The van der Waals surface area contributed by atoms with Crippen molar-refractivity contribution >= 4 is 17.6 Å². The number of carbonyl (C=O) groups is 3. The molecule has 3 rings (SSSR count). The zero-order valence-electron chi connectivity index (χ0n) is 16.5. The summed E-state index contributed by atoms with van der Waals surface area (Å²) in [5.74, 6) is -0.0468. The Bertz CT molecular complexity index is 734. The van der Waals surface area contributed by atoms with Gasteiger partial charge in [-0.15, -0.1) is 0 Å². The summed E-state index contributed by atoms with van der Waals surface area (Å²) in [7, 11) is 0. The van der Waals surface area contributed by atoms with Gasteiger partial charge in [-0.1, -0.05) is 19.1 Å². The molecule has 0 aromatic heterocycles. The van der Waals surface area contributed by atoms with E-state index in [-0.39, 0.29) is 29.3 Å². The maximum Gasteiger partial charge on any atom is 0.222 e. The average molecular weight is 388 g/mol. The van der Waals surface area contributed by atoms with Crippen LogP contribution in [0.25, 0.3) is 0 Å². The highest BCUT2D eigenvalue weighted by Crippen LogP contribution is 2.30. The summed E-state index contributed by atoms with van der Waals surface area (Å²) < 4.78 is 13.2. The summed E-state index contributed by atoms with van der Waals surface area (Å²) in [6.07, 6.45) is 4.84. The highest BCUT2D eigenvalue weighted by molar-refractivity contribution is 5.83. The Morgan fingerprint density at radius 1 is 1.29 bits per heavy atom. The molecule has 0 aliphatic carbocycles. The quantitative estimate of drug-likeness (QED) is 0.781. The van der Waals surface area contributed by atoms with Crippen molar-refractivity contribution in [3.8, 4) is 0 Å². The fourth-order valence-electron chi connectivity index (χ4n) is 4.43. The van der Waals surface area contributed by atoms with Gasteiger partial charge in [-0.25, -0.2) is 4.39 Å². The SMILES string of the molecule is CCC(=O)[C@H]1CCCN(C(=O)CC[C@@]2(Cc3ccc(F)cc3)CCC(=O)N2)C1. The molecule has 1 aromatic carbocycles. The second kappa shape index (κ2) is 8.84. The third-order valence-electron chi connectivity index (χ3n) is 6.09. The van der Waals surface area contributed by atoms with E-state index in [4.69, 9.17) is 0 Å². The van der Waals surface area contributed by atoms with E-state index in [1.165, 1.54) is 12.1 Å². The number of hydrogen-bond donors (Lipinski definition) is 1. The van der Waals surface area contributed by atoms with E-state index in [1.807, 2.05) is 11.8 Å². The van der Waals surface area contributed by atoms with E-state index in [0.717, 1.165) is 18.4 Å². The molecule has 28 heavy (non-hydrogen) atoms. The summed E-state index contributed by atoms with van der Waals surface area (Å²) >= 11 is 0. The molecule has 5 nitrogen and oxygen atoms in total. The van der Waals surface area contributed by atoms with E-state index in [9.17, 15) is 18.8 Å². The molecule has 2 atom stereocenters. The first-order valence-electron chi connectivity index (χ1n) is 10.3. The van der Waals surface area contributed by atoms with Gasteiger partial charge in [0, 0.05) is 43.8 Å². The van der Waals surface area contributed by atoms with Crippen LogP contribution in [0.5, 0.6) is 0 Å². The van der Waals surface area contributed by atoms with Crippen LogP contribution in [-0.2, 0) is 20.8 Å². The standard InChI is InChI=1S/C22H29FN2O3/c1-2-19(26)17-4-3-13-25(15-17)21(28)10-12-22(11-9-20(27)24-22)14-16-5-7-18(23)8-6-16/h5-8,17H,2-4,9-15H2,1H3,(H,24,27)/t17-,22+/m0/s1. The maximum absolute atomic E-state index is 13.2. The van der Waals surface area contributed by atoms with Crippen molar-refractivity contribution in [1.82, 2.24) is 10.2 Å². The Morgan fingerprint density at radius 2 is 2.04 bits per heavy atom. The number of rotatable bonds is 7. The Kier molecular flexibility index (Phi) is 6.47. The Balaban J connectivity index is 1.62. The van der Waals surface area contributed by atoms with Crippen LogP contribution in [0.2, 0.25) is 0 Å². The molecule has 2 saturated heterocycles. The normalized spacial score (nSPS) is 24.9. The second-order valence-electron chi connectivity index (χ2n) is 8.13. The van der Waals surface area contributed by atoms with Crippen molar-refractivity contribution in [1.29, 1.82) is 0 Å². The van der Waals surface area contributed by atoms with Crippen LogP contribution >= 0.6 is 0 Å². The van der Waals surface area contributed by atoms with Gasteiger partial charge < -0.3 is 10.2 Å². The number of halogens is 1.